The number of primary amides is 1. The number of nitrogens with two attached hydrogens (primary N) is 1. The normalized spacial score (nSPS) is 13.9. The Hall–Kier alpha value is -0.570. The summed E-state index contributed by atoms with van der Waals surface area (Å²) in [6.07, 6.45) is 0.762. The molecule has 1 atom stereocenters. The first-order valence-corrected chi connectivity index (χ1v) is 5.92. The standard InChI is InChI=1S/C12H26N2O/c1-6-11(12(13)15)14-7-10(8(2)3)9(4)5/h8-11,14H,6-7H2,1-5H3,(H2,13,15). The van der Waals surface area contributed by atoms with Crippen molar-refractivity contribution in [3.05, 3.63) is 0 Å². The van der Waals surface area contributed by atoms with Gasteiger partial charge in [-0.1, -0.05) is 34.6 Å². The van der Waals surface area contributed by atoms with Crippen LogP contribution in [-0.4, -0.2) is 18.5 Å². The molecule has 0 bridgehead atoms. The van der Waals surface area contributed by atoms with Crippen LogP contribution in [0.4, 0.5) is 0 Å². The van der Waals surface area contributed by atoms with Gasteiger partial charge in [-0.05, 0) is 30.7 Å². The van der Waals surface area contributed by atoms with Gasteiger partial charge >= 0.3 is 0 Å². The third-order valence-corrected chi connectivity index (χ3v) is 3.06. The predicted molar refractivity (Wildman–Crippen MR) is 64.4 cm³/mol. The molecule has 0 radical (unpaired) electrons. The summed E-state index contributed by atoms with van der Waals surface area (Å²) in [6, 6.07) is -0.176. The molecular weight excluding hydrogens is 188 g/mol. The van der Waals surface area contributed by atoms with Crippen LogP contribution in [0.1, 0.15) is 41.0 Å². The van der Waals surface area contributed by atoms with Crippen molar-refractivity contribution < 1.29 is 4.79 Å². The summed E-state index contributed by atoms with van der Waals surface area (Å²) in [5.41, 5.74) is 5.28. The quantitative estimate of drug-likeness (QED) is 0.678. The molecule has 0 aliphatic heterocycles. The van der Waals surface area contributed by atoms with E-state index in [1.165, 1.54) is 0 Å². The topological polar surface area (TPSA) is 55.1 Å². The van der Waals surface area contributed by atoms with Crippen molar-refractivity contribution >= 4 is 5.91 Å². The molecule has 0 aromatic rings. The van der Waals surface area contributed by atoms with Crippen LogP contribution in [-0.2, 0) is 4.79 Å². The summed E-state index contributed by atoms with van der Waals surface area (Å²) in [5, 5.41) is 3.26. The lowest BCUT2D eigenvalue weighted by atomic mass is 9.85. The Kier molecular flexibility index (Phi) is 6.57. The van der Waals surface area contributed by atoms with Gasteiger partial charge in [-0.15, -0.1) is 0 Å². The second-order valence-corrected chi connectivity index (χ2v) is 4.92. The molecule has 3 N–H and O–H groups in total. The van der Waals surface area contributed by atoms with E-state index in [0.717, 1.165) is 13.0 Å². The van der Waals surface area contributed by atoms with Crippen LogP contribution in [0.3, 0.4) is 0 Å². The first kappa shape index (κ1) is 14.4. The Morgan fingerprint density at radius 1 is 1.20 bits per heavy atom. The summed E-state index contributed by atoms with van der Waals surface area (Å²) < 4.78 is 0. The highest BCUT2D eigenvalue weighted by molar-refractivity contribution is 5.79. The van der Waals surface area contributed by atoms with Crippen LogP contribution >= 0.6 is 0 Å². The first-order chi connectivity index (χ1) is 6.90. The summed E-state index contributed by atoms with van der Waals surface area (Å²) in [6.45, 7) is 11.7. The molecule has 0 aromatic heterocycles. The van der Waals surface area contributed by atoms with Gasteiger partial charge < -0.3 is 11.1 Å². The molecule has 0 aliphatic carbocycles. The molecule has 0 saturated heterocycles. The average Bonchev–Trinajstić information content (AvgIpc) is 2.10. The molecule has 0 spiro atoms. The zero-order valence-electron chi connectivity index (χ0n) is 10.7. The molecule has 0 aliphatic rings. The lowest BCUT2D eigenvalue weighted by Gasteiger charge is -2.27. The fraction of sp³-hybridized carbons (Fsp3) is 0.917. The molecule has 0 rings (SSSR count). The molecule has 3 nitrogen and oxygen atoms in total. The Morgan fingerprint density at radius 2 is 1.67 bits per heavy atom. The zero-order chi connectivity index (χ0) is 12.0. The van der Waals surface area contributed by atoms with Crippen molar-refractivity contribution in [2.45, 2.75) is 47.1 Å². The van der Waals surface area contributed by atoms with E-state index in [1.54, 1.807) is 0 Å². The van der Waals surface area contributed by atoms with Crippen molar-refractivity contribution in [3.8, 4) is 0 Å². The lowest BCUT2D eigenvalue weighted by molar-refractivity contribution is -0.120. The van der Waals surface area contributed by atoms with Gasteiger partial charge in [-0.3, -0.25) is 4.79 Å². The van der Waals surface area contributed by atoms with Crippen molar-refractivity contribution in [1.29, 1.82) is 0 Å². The lowest BCUT2D eigenvalue weighted by Crippen LogP contribution is -2.44. The van der Waals surface area contributed by atoms with Gasteiger partial charge in [0.1, 0.15) is 0 Å². The SMILES string of the molecule is CCC(NCC(C(C)C)C(C)C)C(N)=O. The van der Waals surface area contributed by atoms with Gasteiger partial charge in [0.05, 0.1) is 6.04 Å². The third-order valence-electron chi connectivity index (χ3n) is 3.06. The Bertz CT molecular complexity index is 182. The molecular formula is C12H26N2O. The largest absolute Gasteiger partial charge is 0.368 e. The minimum atomic E-state index is -0.247. The number of nitrogens with one attached hydrogen (secondary N) is 1. The van der Waals surface area contributed by atoms with E-state index in [0.29, 0.717) is 17.8 Å². The van der Waals surface area contributed by atoms with E-state index >= 15 is 0 Å². The molecule has 0 saturated carbocycles. The monoisotopic (exact) mass is 214 g/mol. The summed E-state index contributed by atoms with van der Waals surface area (Å²) >= 11 is 0. The van der Waals surface area contributed by atoms with Crippen molar-refractivity contribution in [3.63, 3.8) is 0 Å². The summed E-state index contributed by atoms with van der Waals surface area (Å²) in [4.78, 5) is 11.0. The number of carbonyl (C=O) groups is 1. The highest BCUT2D eigenvalue weighted by atomic mass is 16.1. The molecule has 15 heavy (non-hydrogen) atoms. The van der Waals surface area contributed by atoms with Crippen molar-refractivity contribution in [2.24, 2.45) is 23.5 Å². The van der Waals surface area contributed by atoms with Gasteiger partial charge in [-0.25, -0.2) is 0 Å². The molecule has 1 amide bonds. The maximum Gasteiger partial charge on any atom is 0.234 e. The van der Waals surface area contributed by atoms with Crippen LogP contribution < -0.4 is 11.1 Å². The molecule has 1 unspecified atom stereocenters. The molecule has 0 aromatic carbocycles. The van der Waals surface area contributed by atoms with Gasteiger partial charge in [0.15, 0.2) is 0 Å². The van der Waals surface area contributed by atoms with E-state index < -0.39 is 0 Å². The number of rotatable bonds is 7. The Balaban J connectivity index is 4.14. The van der Waals surface area contributed by atoms with E-state index in [4.69, 9.17) is 5.73 Å². The van der Waals surface area contributed by atoms with Crippen LogP contribution in [0.15, 0.2) is 0 Å². The average molecular weight is 214 g/mol. The van der Waals surface area contributed by atoms with E-state index in [1.807, 2.05) is 6.92 Å². The minimum Gasteiger partial charge on any atom is -0.368 e. The number of hydrogen-bond donors (Lipinski definition) is 2. The van der Waals surface area contributed by atoms with Gasteiger partial charge in [-0.2, -0.15) is 0 Å². The maximum absolute atomic E-state index is 11.0. The summed E-state index contributed by atoms with van der Waals surface area (Å²) in [5.74, 6) is 1.60. The molecule has 90 valence electrons. The molecule has 0 fully saturated rings. The maximum atomic E-state index is 11.0. The Morgan fingerprint density at radius 3 is 1.93 bits per heavy atom. The second-order valence-electron chi connectivity index (χ2n) is 4.92. The van der Waals surface area contributed by atoms with Crippen molar-refractivity contribution in [1.82, 2.24) is 5.32 Å². The predicted octanol–water partition coefficient (Wildman–Crippen LogP) is 1.77. The van der Waals surface area contributed by atoms with E-state index in [9.17, 15) is 4.79 Å². The minimum absolute atomic E-state index is 0.176. The highest BCUT2D eigenvalue weighted by Gasteiger charge is 2.20. The van der Waals surface area contributed by atoms with Crippen LogP contribution in [0, 0.1) is 17.8 Å². The van der Waals surface area contributed by atoms with Crippen molar-refractivity contribution in [2.75, 3.05) is 6.54 Å². The summed E-state index contributed by atoms with van der Waals surface area (Å²) in [7, 11) is 0. The van der Waals surface area contributed by atoms with Gasteiger partial charge in [0, 0.05) is 0 Å². The Labute approximate surface area is 93.8 Å². The zero-order valence-corrected chi connectivity index (χ0v) is 10.7. The first-order valence-electron chi connectivity index (χ1n) is 5.92. The van der Waals surface area contributed by atoms with E-state index in [2.05, 4.69) is 33.0 Å². The number of hydrogen-bond acceptors (Lipinski definition) is 2. The van der Waals surface area contributed by atoms with Crippen LogP contribution in [0.2, 0.25) is 0 Å². The molecule has 0 heterocycles. The van der Waals surface area contributed by atoms with E-state index in [-0.39, 0.29) is 11.9 Å². The van der Waals surface area contributed by atoms with Crippen LogP contribution in [0.5, 0.6) is 0 Å². The fourth-order valence-electron chi connectivity index (χ4n) is 1.97. The molecule has 3 heteroatoms. The highest BCUT2D eigenvalue weighted by Crippen LogP contribution is 2.19. The smallest absolute Gasteiger partial charge is 0.234 e. The van der Waals surface area contributed by atoms with Gasteiger partial charge in [0.2, 0.25) is 5.91 Å². The second kappa shape index (κ2) is 6.83. The fourth-order valence-corrected chi connectivity index (χ4v) is 1.97. The number of carbonyl (C=O) groups excluding carboxylic acids is 1. The van der Waals surface area contributed by atoms with Crippen LogP contribution in [0.25, 0.3) is 0 Å². The number of amides is 1. The third kappa shape index (κ3) is 5.17. The van der Waals surface area contributed by atoms with Gasteiger partial charge in [0.25, 0.3) is 0 Å².